The standard InChI is InChI=1S/C20H22BrClN2O4/c1-5-27-19-16(21)9-14(10-18(19)26-4)11-23-24-20(25)13(3)28-17-7-6-15(22)8-12(17)2/h6-11,13H,5H2,1-4H3,(H,24,25)/b23-11+. The summed E-state index contributed by atoms with van der Waals surface area (Å²) in [7, 11) is 1.56. The molecule has 0 heterocycles. The minimum atomic E-state index is -0.723. The van der Waals surface area contributed by atoms with Gasteiger partial charge in [0.25, 0.3) is 5.91 Å². The number of nitrogens with zero attached hydrogens (tertiary/aromatic N) is 1. The molecule has 0 fully saturated rings. The quantitative estimate of drug-likeness (QED) is 0.448. The average molecular weight is 470 g/mol. The lowest BCUT2D eigenvalue weighted by Gasteiger charge is -2.15. The Balaban J connectivity index is 2.01. The van der Waals surface area contributed by atoms with E-state index in [1.54, 1.807) is 38.3 Å². The van der Waals surface area contributed by atoms with Gasteiger partial charge in [-0.05, 0) is 78.2 Å². The van der Waals surface area contributed by atoms with Crippen molar-refractivity contribution in [1.29, 1.82) is 0 Å². The Kier molecular flexibility index (Phi) is 8.14. The smallest absolute Gasteiger partial charge is 0.280 e. The van der Waals surface area contributed by atoms with Gasteiger partial charge < -0.3 is 14.2 Å². The van der Waals surface area contributed by atoms with Gasteiger partial charge in [-0.2, -0.15) is 5.10 Å². The third kappa shape index (κ3) is 5.87. The van der Waals surface area contributed by atoms with Gasteiger partial charge in [0.15, 0.2) is 17.6 Å². The number of ether oxygens (including phenoxy) is 3. The lowest BCUT2D eigenvalue weighted by molar-refractivity contribution is -0.127. The van der Waals surface area contributed by atoms with Gasteiger partial charge in [0, 0.05) is 5.02 Å². The van der Waals surface area contributed by atoms with E-state index in [4.69, 9.17) is 25.8 Å². The Hall–Kier alpha value is -2.25. The van der Waals surface area contributed by atoms with Crippen LogP contribution in [0.4, 0.5) is 0 Å². The molecule has 1 amide bonds. The Labute approximate surface area is 177 Å². The first-order chi connectivity index (χ1) is 13.3. The van der Waals surface area contributed by atoms with Crippen molar-refractivity contribution >= 4 is 39.7 Å². The van der Waals surface area contributed by atoms with Gasteiger partial charge >= 0.3 is 0 Å². The fourth-order valence-electron chi connectivity index (χ4n) is 2.35. The Morgan fingerprint density at radius 2 is 2.07 bits per heavy atom. The number of halogens is 2. The molecule has 6 nitrogen and oxygen atoms in total. The van der Waals surface area contributed by atoms with Crippen molar-refractivity contribution in [2.45, 2.75) is 26.9 Å². The van der Waals surface area contributed by atoms with Gasteiger partial charge in [0.05, 0.1) is 24.4 Å². The Morgan fingerprint density at radius 1 is 1.32 bits per heavy atom. The summed E-state index contributed by atoms with van der Waals surface area (Å²) in [6, 6.07) is 8.80. The molecule has 28 heavy (non-hydrogen) atoms. The zero-order valence-electron chi connectivity index (χ0n) is 16.1. The van der Waals surface area contributed by atoms with Gasteiger partial charge in [-0.15, -0.1) is 0 Å². The summed E-state index contributed by atoms with van der Waals surface area (Å²) in [4.78, 5) is 12.2. The highest BCUT2D eigenvalue weighted by atomic mass is 79.9. The number of hydrogen-bond donors (Lipinski definition) is 1. The first-order valence-electron chi connectivity index (χ1n) is 8.61. The summed E-state index contributed by atoms with van der Waals surface area (Å²) in [6.07, 6.45) is 0.792. The second-order valence-corrected chi connectivity index (χ2v) is 7.16. The Bertz CT molecular complexity index is 874. The van der Waals surface area contributed by atoms with Crippen LogP contribution >= 0.6 is 27.5 Å². The number of aryl methyl sites for hydroxylation is 1. The monoisotopic (exact) mass is 468 g/mol. The van der Waals surface area contributed by atoms with E-state index >= 15 is 0 Å². The summed E-state index contributed by atoms with van der Waals surface area (Å²) < 4.78 is 17.3. The second-order valence-electron chi connectivity index (χ2n) is 5.87. The summed E-state index contributed by atoms with van der Waals surface area (Å²) in [5, 5.41) is 4.60. The third-order valence-corrected chi connectivity index (χ3v) is 4.56. The molecular formula is C20H22BrClN2O4. The van der Waals surface area contributed by atoms with E-state index in [9.17, 15) is 4.79 Å². The molecule has 0 spiro atoms. The summed E-state index contributed by atoms with van der Waals surface area (Å²) in [6.45, 7) is 5.92. The predicted molar refractivity (Wildman–Crippen MR) is 114 cm³/mol. The number of hydrogen-bond acceptors (Lipinski definition) is 5. The van der Waals surface area contributed by atoms with Crippen LogP contribution in [-0.2, 0) is 4.79 Å². The highest BCUT2D eigenvalue weighted by Crippen LogP contribution is 2.36. The van der Waals surface area contributed by atoms with Crippen LogP contribution in [-0.4, -0.2) is 31.9 Å². The number of carbonyl (C=O) groups excluding carboxylic acids is 1. The number of benzene rings is 2. The van der Waals surface area contributed by atoms with Crippen LogP contribution in [0.3, 0.4) is 0 Å². The zero-order chi connectivity index (χ0) is 20.7. The summed E-state index contributed by atoms with van der Waals surface area (Å²) >= 11 is 9.38. The first-order valence-corrected chi connectivity index (χ1v) is 9.78. The molecule has 150 valence electrons. The van der Waals surface area contributed by atoms with Crippen molar-refractivity contribution in [2.75, 3.05) is 13.7 Å². The topological polar surface area (TPSA) is 69.2 Å². The average Bonchev–Trinajstić information content (AvgIpc) is 2.65. The highest BCUT2D eigenvalue weighted by Gasteiger charge is 2.15. The van der Waals surface area contributed by atoms with Crippen molar-refractivity contribution in [1.82, 2.24) is 5.43 Å². The van der Waals surface area contributed by atoms with E-state index < -0.39 is 6.10 Å². The van der Waals surface area contributed by atoms with Gasteiger partial charge in [0.2, 0.25) is 0 Å². The van der Waals surface area contributed by atoms with Crippen LogP contribution in [0.5, 0.6) is 17.2 Å². The number of methoxy groups -OCH3 is 1. The molecular weight excluding hydrogens is 448 g/mol. The zero-order valence-corrected chi connectivity index (χ0v) is 18.4. The molecule has 0 aliphatic rings. The van der Waals surface area contributed by atoms with Crippen LogP contribution in [0.25, 0.3) is 0 Å². The number of nitrogens with one attached hydrogen (secondary N) is 1. The molecule has 0 aromatic heterocycles. The minimum Gasteiger partial charge on any atom is -0.493 e. The summed E-state index contributed by atoms with van der Waals surface area (Å²) in [5.41, 5.74) is 4.05. The fourth-order valence-corrected chi connectivity index (χ4v) is 3.15. The van der Waals surface area contributed by atoms with Gasteiger partial charge in [-0.25, -0.2) is 5.43 Å². The number of amides is 1. The van der Waals surface area contributed by atoms with E-state index in [1.165, 1.54) is 6.21 Å². The SMILES string of the molecule is CCOc1c(Br)cc(/C=N/NC(=O)C(C)Oc2ccc(Cl)cc2C)cc1OC. The van der Waals surface area contributed by atoms with Crippen molar-refractivity contribution in [2.24, 2.45) is 5.10 Å². The van der Waals surface area contributed by atoms with Crippen molar-refractivity contribution in [3.05, 3.63) is 51.0 Å². The normalized spacial score (nSPS) is 11.9. The van der Waals surface area contributed by atoms with E-state index in [0.717, 1.165) is 15.6 Å². The van der Waals surface area contributed by atoms with Gasteiger partial charge in [0.1, 0.15) is 5.75 Å². The van der Waals surface area contributed by atoms with E-state index in [0.29, 0.717) is 28.9 Å². The first kappa shape index (κ1) is 22.0. The van der Waals surface area contributed by atoms with Crippen LogP contribution in [0, 0.1) is 6.92 Å². The molecule has 0 radical (unpaired) electrons. The van der Waals surface area contributed by atoms with Crippen molar-refractivity contribution < 1.29 is 19.0 Å². The van der Waals surface area contributed by atoms with E-state index in [1.807, 2.05) is 19.9 Å². The molecule has 2 aromatic rings. The molecule has 1 N–H and O–H groups in total. The lowest BCUT2D eigenvalue weighted by Crippen LogP contribution is -2.33. The highest BCUT2D eigenvalue weighted by molar-refractivity contribution is 9.10. The second kappa shape index (κ2) is 10.3. The van der Waals surface area contributed by atoms with Crippen LogP contribution in [0.15, 0.2) is 39.9 Å². The van der Waals surface area contributed by atoms with Gasteiger partial charge in [-0.1, -0.05) is 11.6 Å². The fraction of sp³-hybridized carbons (Fsp3) is 0.300. The van der Waals surface area contributed by atoms with E-state index in [-0.39, 0.29) is 5.91 Å². The maximum Gasteiger partial charge on any atom is 0.280 e. The molecule has 0 bridgehead atoms. The largest absolute Gasteiger partial charge is 0.493 e. The number of rotatable bonds is 8. The van der Waals surface area contributed by atoms with Crippen LogP contribution in [0.1, 0.15) is 25.0 Å². The summed E-state index contributed by atoms with van der Waals surface area (Å²) in [5.74, 6) is 1.41. The molecule has 2 aromatic carbocycles. The molecule has 0 saturated heterocycles. The maximum atomic E-state index is 12.2. The molecule has 0 aliphatic carbocycles. The molecule has 1 atom stereocenters. The molecule has 0 aliphatic heterocycles. The van der Waals surface area contributed by atoms with Crippen molar-refractivity contribution in [3.8, 4) is 17.2 Å². The third-order valence-electron chi connectivity index (χ3n) is 3.74. The maximum absolute atomic E-state index is 12.2. The van der Waals surface area contributed by atoms with Crippen LogP contribution < -0.4 is 19.6 Å². The number of carbonyl (C=O) groups is 1. The molecule has 2 rings (SSSR count). The van der Waals surface area contributed by atoms with Crippen LogP contribution in [0.2, 0.25) is 5.02 Å². The van der Waals surface area contributed by atoms with Crippen molar-refractivity contribution in [3.63, 3.8) is 0 Å². The molecule has 1 unspecified atom stereocenters. The minimum absolute atomic E-state index is 0.373. The van der Waals surface area contributed by atoms with E-state index in [2.05, 4.69) is 26.5 Å². The Morgan fingerprint density at radius 3 is 2.71 bits per heavy atom. The number of hydrazone groups is 1. The van der Waals surface area contributed by atoms with Gasteiger partial charge in [-0.3, -0.25) is 4.79 Å². The lowest BCUT2D eigenvalue weighted by atomic mass is 10.2. The molecule has 0 saturated carbocycles. The molecule has 8 heteroatoms. The predicted octanol–water partition coefficient (Wildman–Crippen LogP) is 4.74.